The summed E-state index contributed by atoms with van der Waals surface area (Å²) >= 11 is 0. The van der Waals surface area contributed by atoms with Crippen LogP contribution in [-0.2, 0) is 19.7 Å². The van der Waals surface area contributed by atoms with E-state index in [1.54, 1.807) is 7.05 Å². The van der Waals surface area contributed by atoms with Crippen LogP contribution in [-0.4, -0.2) is 55.6 Å². The molecule has 0 spiro atoms. The zero-order valence-corrected chi connectivity index (χ0v) is 16.4. The molecule has 0 bridgehead atoms. The standard InChI is InChI=1S/C17H34N2O5S/c1-3-4-5-6-7-8-9-10-11-12-17(21)19(2)15-16(20)18-13-14-25(22,23)24/h3-15H2,1-2H3,(H,18,20)(H,22,23,24). The Bertz CT molecular complexity index is 479. The summed E-state index contributed by atoms with van der Waals surface area (Å²) in [6, 6.07) is 0. The molecular weight excluding hydrogens is 344 g/mol. The zero-order chi connectivity index (χ0) is 19.1. The molecule has 0 aromatic heterocycles. The summed E-state index contributed by atoms with van der Waals surface area (Å²) < 4.78 is 29.7. The Kier molecular flexibility index (Phi) is 13.4. The van der Waals surface area contributed by atoms with Gasteiger partial charge in [-0.1, -0.05) is 58.3 Å². The smallest absolute Gasteiger partial charge is 0.266 e. The van der Waals surface area contributed by atoms with Crippen molar-refractivity contribution < 1.29 is 22.6 Å². The highest BCUT2D eigenvalue weighted by Crippen LogP contribution is 2.10. The van der Waals surface area contributed by atoms with Gasteiger partial charge in [-0.15, -0.1) is 0 Å². The minimum Gasteiger partial charge on any atom is -0.353 e. The van der Waals surface area contributed by atoms with Crippen molar-refractivity contribution in [3.63, 3.8) is 0 Å². The van der Waals surface area contributed by atoms with Gasteiger partial charge >= 0.3 is 0 Å². The van der Waals surface area contributed by atoms with E-state index in [0.717, 1.165) is 19.3 Å². The van der Waals surface area contributed by atoms with Crippen molar-refractivity contribution in [3.05, 3.63) is 0 Å². The Morgan fingerprint density at radius 3 is 2.00 bits per heavy atom. The highest BCUT2D eigenvalue weighted by Gasteiger charge is 2.13. The molecule has 2 amide bonds. The quantitative estimate of drug-likeness (QED) is 0.336. The van der Waals surface area contributed by atoms with Gasteiger partial charge in [0.2, 0.25) is 11.8 Å². The van der Waals surface area contributed by atoms with Gasteiger partial charge in [0.05, 0.1) is 12.3 Å². The minimum atomic E-state index is -4.09. The molecule has 0 aliphatic carbocycles. The van der Waals surface area contributed by atoms with Gasteiger partial charge in [-0.25, -0.2) is 0 Å². The number of hydrogen-bond donors (Lipinski definition) is 2. The van der Waals surface area contributed by atoms with Crippen LogP contribution < -0.4 is 5.32 Å². The summed E-state index contributed by atoms with van der Waals surface area (Å²) in [5.41, 5.74) is 0. The van der Waals surface area contributed by atoms with Gasteiger partial charge < -0.3 is 10.2 Å². The molecule has 0 aromatic carbocycles. The molecule has 0 atom stereocenters. The fourth-order valence-electron chi connectivity index (χ4n) is 2.46. The Labute approximate surface area is 152 Å². The minimum absolute atomic E-state index is 0.0899. The van der Waals surface area contributed by atoms with Gasteiger partial charge in [0, 0.05) is 20.0 Å². The maximum atomic E-state index is 11.9. The van der Waals surface area contributed by atoms with Gasteiger partial charge in [-0.05, 0) is 6.42 Å². The van der Waals surface area contributed by atoms with Crippen LogP contribution in [0.1, 0.15) is 71.1 Å². The zero-order valence-electron chi connectivity index (χ0n) is 15.6. The molecule has 8 heteroatoms. The molecule has 0 radical (unpaired) electrons. The molecule has 0 aliphatic heterocycles. The number of nitrogens with one attached hydrogen (secondary N) is 1. The molecule has 0 rings (SSSR count). The van der Waals surface area contributed by atoms with Crippen molar-refractivity contribution >= 4 is 21.9 Å². The maximum Gasteiger partial charge on any atom is 0.266 e. The second-order valence-corrected chi connectivity index (χ2v) is 8.04. The number of likely N-dealkylation sites (N-methyl/N-ethyl adjacent to an activating group) is 1. The monoisotopic (exact) mass is 378 g/mol. The van der Waals surface area contributed by atoms with Crippen molar-refractivity contribution in [2.45, 2.75) is 71.1 Å². The maximum absolute atomic E-state index is 11.9. The van der Waals surface area contributed by atoms with Crippen LogP contribution in [0.5, 0.6) is 0 Å². The first-order valence-corrected chi connectivity index (χ1v) is 10.8. The molecule has 148 valence electrons. The molecular formula is C17H34N2O5S. The lowest BCUT2D eigenvalue weighted by molar-refractivity contribution is -0.134. The van der Waals surface area contributed by atoms with E-state index < -0.39 is 21.8 Å². The van der Waals surface area contributed by atoms with E-state index in [4.69, 9.17) is 4.55 Å². The highest BCUT2D eigenvalue weighted by molar-refractivity contribution is 7.85. The number of carbonyl (C=O) groups excluding carboxylic acids is 2. The first kappa shape index (κ1) is 23.9. The Balaban J connectivity index is 3.66. The van der Waals surface area contributed by atoms with Crippen LogP contribution >= 0.6 is 0 Å². The summed E-state index contributed by atoms with van der Waals surface area (Å²) in [7, 11) is -2.53. The highest BCUT2D eigenvalue weighted by atomic mass is 32.2. The van der Waals surface area contributed by atoms with Gasteiger partial charge in [0.25, 0.3) is 10.1 Å². The van der Waals surface area contributed by atoms with E-state index in [-0.39, 0.29) is 19.0 Å². The topological polar surface area (TPSA) is 104 Å². The Hall–Kier alpha value is -1.15. The predicted molar refractivity (Wildman–Crippen MR) is 98.9 cm³/mol. The number of carbonyl (C=O) groups is 2. The molecule has 0 fully saturated rings. The van der Waals surface area contributed by atoms with E-state index >= 15 is 0 Å². The number of rotatable bonds is 15. The molecule has 25 heavy (non-hydrogen) atoms. The molecule has 0 saturated carbocycles. The normalized spacial score (nSPS) is 11.3. The first-order valence-electron chi connectivity index (χ1n) is 9.22. The van der Waals surface area contributed by atoms with Gasteiger partial charge in [-0.3, -0.25) is 14.1 Å². The lowest BCUT2D eigenvalue weighted by Gasteiger charge is -2.16. The molecule has 2 N–H and O–H groups in total. The van der Waals surface area contributed by atoms with Gasteiger partial charge in [0.1, 0.15) is 0 Å². The van der Waals surface area contributed by atoms with Crippen LogP contribution in [0.2, 0.25) is 0 Å². The number of amides is 2. The fraction of sp³-hybridized carbons (Fsp3) is 0.882. The average Bonchev–Trinajstić information content (AvgIpc) is 2.51. The summed E-state index contributed by atoms with van der Waals surface area (Å²) in [6.45, 7) is 1.93. The molecule has 0 unspecified atom stereocenters. The molecule has 0 heterocycles. The van der Waals surface area contributed by atoms with Crippen molar-refractivity contribution in [2.75, 3.05) is 25.9 Å². The van der Waals surface area contributed by atoms with Crippen LogP contribution in [0.25, 0.3) is 0 Å². The summed E-state index contributed by atoms with van der Waals surface area (Å²) in [4.78, 5) is 24.9. The van der Waals surface area contributed by atoms with E-state index in [9.17, 15) is 18.0 Å². The second-order valence-electron chi connectivity index (χ2n) is 6.46. The third-order valence-corrected chi connectivity index (χ3v) is 4.70. The summed E-state index contributed by atoms with van der Waals surface area (Å²) in [5, 5.41) is 2.36. The van der Waals surface area contributed by atoms with Gasteiger partial charge in [-0.2, -0.15) is 8.42 Å². The van der Waals surface area contributed by atoms with Crippen molar-refractivity contribution in [2.24, 2.45) is 0 Å². The van der Waals surface area contributed by atoms with Crippen molar-refractivity contribution in [1.29, 1.82) is 0 Å². The van der Waals surface area contributed by atoms with E-state index in [0.29, 0.717) is 6.42 Å². The lowest BCUT2D eigenvalue weighted by atomic mass is 10.1. The van der Waals surface area contributed by atoms with Crippen LogP contribution in [0.15, 0.2) is 0 Å². The molecule has 7 nitrogen and oxygen atoms in total. The fourth-order valence-corrected chi connectivity index (χ4v) is 2.82. The number of unbranched alkanes of at least 4 members (excludes halogenated alkanes) is 8. The van der Waals surface area contributed by atoms with E-state index in [1.807, 2.05) is 0 Å². The average molecular weight is 379 g/mol. The van der Waals surface area contributed by atoms with Gasteiger partial charge in [0.15, 0.2) is 0 Å². The summed E-state index contributed by atoms with van der Waals surface area (Å²) in [6.07, 6.45) is 11.1. The van der Waals surface area contributed by atoms with E-state index in [1.165, 1.54) is 43.4 Å². The SMILES string of the molecule is CCCCCCCCCCCC(=O)N(C)CC(=O)NCCS(=O)(=O)O. The molecule has 0 aromatic rings. The van der Waals surface area contributed by atoms with Crippen LogP contribution in [0, 0.1) is 0 Å². The van der Waals surface area contributed by atoms with Crippen molar-refractivity contribution in [3.8, 4) is 0 Å². The summed E-state index contributed by atoms with van der Waals surface area (Å²) in [5.74, 6) is -1.06. The van der Waals surface area contributed by atoms with E-state index in [2.05, 4.69) is 12.2 Å². The van der Waals surface area contributed by atoms with Crippen molar-refractivity contribution in [1.82, 2.24) is 10.2 Å². The third kappa shape index (κ3) is 16.1. The van der Waals surface area contributed by atoms with Crippen LogP contribution in [0.4, 0.5) is 0 Å². The van der Waals surface area contributed by atoms with Crippen LogP contribution in [0.3, 0.4) is 0 Å². The lowest BCUT2D eigenvalue weighted by Crippen LogP contribution is -2.39. The number of hydrogen-bond acceptors (Lipinski definition) is 4. The first-order chi connectivity index (χ1) is 11.8. The predicted octanol–water partition coefficient (Wildman–Crippen LogP) is 2.37. The Morgan fingerprint density at radius 2 is 1.48 bits per heavy atom. The molecule has 0 saturated heterocycles. The second kappa shape index (κ2) is 14.1. The Morgan fingerprint density at radius 1 is 0.960 bits per heavy atom. The number of nitrogens with zero attached hydrogens (tertiary/aromatic N) is 1. The molecule has 0 aliphatic rings. The largest absolute Gasteiger partial charge is 0.353 e. The third-order valence-electron chi connectivity index (χ3n) is 3.98.